The van der Waals surface area contributed by atoms with Gasteiger partial charge in [0.2, 0.25) is 0 Å². The van der Waals surface area contributed by atoms with Crippen molar-refractivity contribution in [3.8, 4) is 16.9 Å². The van der Waals surface area contributed by atoms with Crippen LogP contribution in [0.4, 0.5) is 5.69 Å². The van der Waals surface area contributed by atoms with Crippen LogP contribution in [0, 0.1) is 0 Å². The molecule has 1 saturated carbocycles. The monoisotopic (exact) mass is 408 g/mol. The highest BCUT2D eigenvalue weighted by Gasteiger charge is 2.50. The minimum atomic E-state index is -1.15. The number of carbonyl (C=O) groups excluding carboxylic acids is 2. The number of hydrazine groups is 1. The van der Waals surface area contributed by atoms with Crippen molar-refractivity contribution < 1.29 is 19.4 Å². The fourth-order valence-electron chi connectivity index (χ4n) is 3.98. The van der Waals surface area contributed by atoms with Crippen LogP contribution in [-0.2, 0) is 4.79 Å². The molecule has 1 aliphatic carbocycles. The number of fused-ring (bicyclic) bond motifs is 1. The van der Waals surface area contributed by atoms with Gasteiger partial charge in [-0.1, -0.05) is 18.2 Å². The van der Waals surface area contributed by atoms with Gasteiger partial charge in [0.25, 0.3) is 11.8 Å². The third-order valence-corrected chi connectivity index (χ3v) is 6.07. The first-order chi connectivity index (χ1) is 14.4. The fraction of sp³-hybridized carbons (Fsp3) is 0.364. The predicted molar refractivity (Wildman–Crippen MR) is 111 cm³/mol. The molecule has 0 atom stereocenters. The number of carbonyl (C=O) groups is 2. The van der Waals surface area contributed by atoms with Crippen LogP contribution >= 0.6 is 0 Å². The van der Waals surface area contributed by atoms with Crippen molar-refractivity contribution >= 4 is 17.5 Å². The largest absolute Gasteiger partial charge is 0.470 e. The molecule has 5 rings (SSSR count). The van der Waals surface area contributed by atoms with Crippen LogP contribution in [0.2, 0.25) is 0 Å². The lowest BCUT2D eigenvalue weighted by atomic mass is 10.0. The predicted octanol–water partition coefficient (Wildman–Crippen LogP) is 1.19. The Morgan fingerprint density at radius 1 is 0.933 bits per heavy atom. The number of rotatable bonds is 3. The molecular formula is C22H24N4O4. The number of anilines is 1. The molecule has 8 heteroatoms. The molecule has 0 spiro atoms. The van der Waals surface area contributed by atoms with E-state index in [-0.39, 0.29) is 11.8 Å². The van der Waals surface area contributed by atoms with Crippen LogP contribution in [-0.4, -0.2) is 65.2 Å². The number of piperazine rings is 1. The molecule has 0 unspecified atom stereocenters. The molecule has 8 nitrogen and oxygen atoms in total. The number of hydrogen-bond donors (Lipinski definition) is 2. The lowest BCUT2D eigenvalue weighted by molar-refractivity contribution is -0.143. The quantitative estimate of drug-likeness (QED) is 0.741. The Hall–Kier alpha value is -3.10. The van der Waals surface area contributed by atoms with Gasteiger partial charge in [-0.15, -0.1) is 0 Å². The summed E-state index contributed by atoms with van der Waals surface area (Å²) in [6.45, 7) is 2.20. The summed E-state index contributed by atoms with van der Waals surface area (Å²) in [4.78, 5) is 28.5. The molecule has 2 heterocycles. The topological polar surface area (TPSA) is 99.3 Å². The van der Waals surface area contributed by atoms with Crippen molar-refractivity contribution in [1.29, 1.82) is 0 Å². The zero-order valence-electron chi connectivity index (χ0n) is 16.6. The standard InChI is InChI=1S/C22H24N4O4/c23-26-14-30-19-13-17(5-6-18(19)26)15-1-3-16(4-2-15)20(27)24-9-11-25(12-10-24)21(28)22(29)7-8-22/h1-6,13,29H,7-12,14,23H2. The molecule has 2 fully saturated rings. The van der Waals surface area contributed by atoms with E-state index in [1.165, 1.54) is 0 Å². The number of hydrogen-bond acceptors (Lipinski definition) is 6. The molecular weight excluding hydrogens is 384 g/mol. The van der Waals surface area contributed by atoms with E-state index in [0.29, 0.717) is 51.3 Å². The van der Waals surface area contributed by atoms with Gasteiger partial charge in [0.15, 0.2) is 6.73 Å². The minimum absolute atomic E-state index is 0.0464. The van der Waals surface area contributed by atoms with Crippen molar-refractivity contribution in [1.82, 2.24) is 9.80 Å². The normalized spacial score (nSPS) is 19.3. The molecule has 0 radical (unpaired) electrons. The van der Waals surface area contributed by atoms with Gasteiger partial charge in [-0.25, -0.2) is 5.84 Å². The van der Waals surface area contributed by atoms with Crippen LogP contribution in [0.15, 0.2) is 42.5 Å². The van der Waals surface area contributed by atoms with E-state index in [1.807, 2.05) is 42.5 Å². The summed E-state index contributed by atoms with van der Waals surface area (Å²) < 4.78 is 5.56. The van der Waals surface area contributed by atoms with E-state index >= 15 is 0 Å². The number of benzene rings is 2. The summed E-state index contributed by atoms with van der Waals surface area (Å²) in [5, 5.41) is 11.6. The fourth-order valence-corrected chi connectivity index (χ4v) is 3.98. The first kappa shape index (κ1) is 18.9. The number of aliphatic hydroxyl groups is 1. The van der Waals surface area contributed by atoms with Crippen molar-refractivity contribution in [2.45, 2.75) is 18.4 Å². The van der Waals surface area contributed by atoms with E-state index in [2.05, 4.69) is 0 Å². The van der Waals surface area contributed by atoms with Crippen molar-refractivity contribution in [3.05, 3.63) is 48.0 Å². The minimum Gasteiger partial charge on any atom is -0.470 e. The van der Waals surface area contributed by atoms with E-state index < -0.39 is 5.60 Å². The first-order valence-corrected chi connectivity index (χ1v) is 10.2. The molecule has 2 aromatic carbocycles. The summed E-state index contributed by atoms with van der Waals surface area (Å²) in [6.07, 6.45) is 1.08. The van der Waals surface area contributed by atoms with Crippen molar-refractivity contribution in [2.24, 2.45) is 5.84 Å². The number of nitrogens with zero attached hydrogens (tertiary/aromatic N) is 3. The molecule has 0 bridgehead atoms. The second kappa shape index (κ2) is 7.00. The summed E-state index contributed by atoms with van der Waals surface area (Å²) in [5.74, 6) is 6.34. The van der Waals surface area contributed by atoms with Gasteiger partial charge in [0.1, 0.15) is 11.4 Å². The molecule has 0 aromatic heterocycles. The molecule has 2 amide bonds. The van der Waals surface area contributed by atoms with Crippen molar-refractivity contribution in [2.75, 3.05) is 37.9 Å². The highest BCUT2D eigenvalue weighted by molar-refractivity contribution is 5.95. The van der Waals surface area contributed by atoms with E-state index in [0.717, 1.165) is 22.6 Å². The van der Waals surface area contributed by atoms with Crippen LogP contribution in [0.5, 0.6) is 5.75 Å². The zero-order valence-corrected chi connectivity index (χ0v) is 16.6. The highest BCUT2D eigenvalue weighted by Crippen LogP contribution is 2.37. The van der Waals surface area contributed by atoms with Crippen LogP contribution < -0.4 is 15.6 Å². The lowest BCUT2D eigenvalue weighted by Gasteiger charge is -2.35. The summed E-state index contributed by atoms with van der Waals surface area (Å²) in [5.41, 5.74) is 2.31. The van der Waals surface area contributed by atoms with Gasteiger partial charge in [-0.05, 0) is 48.2 Å². The molecule has 2 aromatic rings. The molecule has 2 aliphatic heterocycles. The Balaban J connectivity index is 1.24. The van der Waals surface area contributed by atoms with Crippen molar-refractivity contribution in [3.63, 3.8) is 0 Å². The van der Waals surface area contributed by atoms with E-state index in [1.54, 1.807) is 14.8 Å². The van der Waals surface area contributed by atoms with Gasteiger partial charge in [-0.3, -0.25) is 14.6 Å². The second-order valence-corrected chi connectivity index (χ2v) is 8.12. The molecule has 3 aliphatic rings. The van der Waals surface area contributed by atoms with Gasteiger partial charge in [-0.2, -0.15) is 0 Å². The summed E-state index contributed by atoms with van der Waals surface area (Å²) in [7, 11) is 0. The van der Waals surface area contributed by atoms with Gasteiger partial charge >= 0.3 is 0 Å². The number of nitrogens with two attached hydrogens (primary N) is 1. The van der Waals surface area contributed by atoms with Gasteiger partial charge < -0.3 is 19.6 Å². The zero-order chi connectivity index (χ0) is 20.9. The van der Waals surface area contributed by atoms with Gasteiger partial charge in [0.05, 0.1) is 5.69 Å². The Morgan fingerprint density at radius 3 is 2.23 bits per heavy atom. The number of ether oxygens (including phenoxy) is 1. The van der Waals surface area contributed by atoms with Crippen LogP contribution in [0.25, 0.3) is 11.1 Å². The molecule has 3 N–H and O–H groups in total. The average molecular weight is 408 g/mol. The highest BCUT2D eigenvalue weighted by atomic mass is 16.5. The molecule has 30 heavy (non-hydrogen) atoms. The lowest BCUT2D eigenvalue weighted by Crippen LogP contribution is -2.53. The maximum Gasteiger partial charge on any atom is 0.254 e. The maximum atomic E-state index is 12.9. The summed E-state index contributed by atoms with van der Waals surface area (Å²) >= 11 is 0. The number of amides is 2. The van der Waals surface area contributed by atoms with Gasteiger partial charge in [0, 0.05) is 31.7 Å². The molecule has 1 saturated heterocycles. The Morgan fingerprint density at radius 2 is 1.57 bits per heavy atom. The summed E-state index contributed by atoms with van der Waals surface area (Å²) in [6, 6.07) is 13.4. The third-order valence-electron chi connectivity index (χ3n) is 6.07. The maximum absolute atomic E-state index is 12.9. The second-order valence-electron chi connectivity index (χ2n) is 8.12. The SMILES string of the molecule is NN1COc2cc(-c3ccc(C(=O)N4CCN(C(=O)C5(O)CC5)CC4)cc3)ccc21. The Labute approximate surface area is 174 Å². The smallest absolute Gasteiger partial charge is 0.254 e. The Bertz CT molecular complexity index is 995. The van der Waals surface area contributed by atoms with Crippen LogP contribution in [0.3, 0.4) is 0 Å². The average Bonchev–Trinajstić information content (AvgIpc) is 3.44. The third kappa shape index (κ3) is 3.28. The van der Waals surface area contributed by atoms with E-state index in [9.17, 15) is 14.7 Å². The van der Waals surface area contributed by atoms with E-state index in [4.69, 9.17) is 10.6 Å². The Kier molecular flexibility index (Phi) is 4.41. The van der Waals surface area contributed by atoms with Crippen LogP contribution in [0.1, 0.15) is 23.2 Å². The molecule has 156 valence electrons. The first-order valence-electron chi connectivity index (χ1n) is 10.2.